The van der Waals surface area contributed by atoms with Crippen LogP contribution >= 0.6 is 0 Å². The third-order valence-corrected chi connectivity index (χ3v) is 4.67. The predicted octanol–water partition coefficient (Wildman–Crippen LogP) is 4.55. The van der Waals surface area contributed by atoms with Crippen LogP contribution in [-0.4, -0.2) is 6.54 Å². The predicted molar refractivity (Wildman–Crippen MR) is 88.1 cm³/mol. The number of rotatable bonds is 6. The molecule has 1 unspecified atom stereocenters. The molecule has 114 valence electrons. The molecule has 0 bridgehead atoms. The van der Waals surface area contributed by atoms with Crippen LogP contribution in [-0.2, 0) is 12.8 Å². The van der Waals surface area contributed by atoms with Gasteiger partial charge in [-0.25, -0.2) is 0 Å². The first-order valence-electron chi connectivity index (χ1n) is 8.24. The summed E-state index contributed by atoms with van der Waals surface area (Å²) >= 11 is 0. The Morgan fingerprint density at radius 3 is 2.67 bits per heavy atom. The van der Waals surface area contributed by atoms with Gasteiger partial charge < -0.3 is 5.32 Å². The minimum Gasteiger partial charge on any atom is -0.310 e. The summed E-state index contributed by atoms with van der Waals surface area (Å²) in [5.41, 5.74) is 4.67. The molecule has 0 saturated heterocycles. The number of fused-ring (bicyclic) bond motifs is 1. The van der Waals surface area contributed by atoms with Crippen molar-refractivity contribution in [1.29, 1.82) is 5.26 Å². The Bertz CT molecular complexity index is 511. The van der Waals surface area contributed by atoms with Crippen LogP contribution in [0.2, 0.25) is 0 Å². The van der Waals surface area contributed by atoms with Crippen molar-refractivity contribution in [1.82, 2.24) is 5.32 Å². The van der Waals surface area contributed by atoms with Gasteiger partial charge in [0, 0.05) is 19.0 Å². The van der Waals surface area contributed by atoms with Crippen molar-refractivity contribution in [2.24, 2.45) is 5.41 Å². The maximum absolute atomic E-state index is 8.73. The van der Waals surface area contributed by atoms with Crippen LogP contribution < -0.4 is 5.32 Å². The number of hydrogen-bond acceptors (Lipinski definition) is 2. The molecule has 0 aliphatic heterocycles. The summed E-state index contributed by atoms with van der Waals surface area (Å²) in [4.78, 5) is 0. The smallest absolute Gasteiger partial charge is 0.0621 e. The Hall–Kier alpha value is -1.33. The van der Waals surface area contributed by atoms with E-state index in [9.17, 15) is 0 Å². The van der Waals surface area contributed by atoms with Gasteiger partial charge in [-0.15, -0.1) is 0 Å². The van der Waals surface area contributed by atoms with E-state index in [1.54, 1.807) is 11.1 Å². The van der Waals surface area contributed by atoms with Gasteiger partial charge in [-0.3, -0.25) is 0 Å². The Balaban J connectivity index is 1.94. The van der Waals surface area contributed by atoms with Crippen LogP contribution in [0.3, 0.4) is 0 Å². The Morgan fingerprint density at radius 1 is 1.24 bits per heavy atom. The van der Waals surface area contributed by atoms with Crippen molar-refractivity contribution in [2.45, 2.75) is 65.3 Å². The van der Waals surface area contributed by atoms with Gasteiger partial charge in [-0.1, -0.05) is 32.0 Å². The average molecular weight is 284 g/mol. The van der Waals surface area contributed by atoms with Gasteiger partial charge >= 0.3 is 0 Å². The minimum absolute atomic E-state index is 0.179. The highest BCUT2D eigenvalue weighted by Crippen LogP contribution is 2.26. The molecule has 2 rings (SSSR count). The first-order chi connectivity index (χ1) is 10.0. The zero-order chi connectivity index (χ0) is 15.3. The molecule has 1 aliphatic rings. The fourth-order valence-electron chi connectivity index (χ4n) is 3.05. The lowest BCUT2D eigenvalue weighted by Gasteiger charge is -2.27. The van der Waals surface area contributed by atoms with Crippen molar-refractivity contribution in [3.8, 4) is 6.07 Å². The van der Waals surface area contributed by atoms with Gasteiger partial charge in [0.25, 0.3) is 0 Å². The summed E-state index contributed by atoms with van der Waals surface area (Å²) in [5, 5.41) is 12.4. The lowest BCUT2D eigenvalue weighted by atomic mass is 9.87. The third-order valence-electron chi connectivity index (χ3n) is 4.67. The molecule has 0 radical (unpaired) electrons. The van der Waals surface area contributed by atoms with E-state index in [4.69, 9.17) is 5.26 Å². The van der Waals surface area contributed by atoms with Crippen LogP contribution in [0.1, 0.15) is 69.2 Å². The van der Waals surface area contributed by atoms with Crippen LogP contribution in [0.5, 0.6) is 0 Å². The lowest BCUT2D eigenvalue weighted by molar-refractivity contribution is 0.304. The standard InChI is InChI=1S/C19H28N2/c1-15(21-14-19(2,3)11-6-12-20)17-10-9-16-7-4-5-8-18(16)13-17/h9-10,13,15,21H,4-8,11,14H2,1-3H3. The number of hydrogen-bond donors (Lipinski definition) is 1. The number of aryl methyl sites for hydroxylation is 2. The average Bonchev–Trinajstić information content (AvgIpc) is 2.50. The summed E-state index contributed by atoms with van der Waals surface area (Å²) in [6.45, 7) is 7.66. The maximum atomic E-state index is 8.73. The van der Waals surface area contributed by atoms with E-state index in [1.807, 2.05) is 0 Å². The highest BCUT2D eigenvalue weighted by molar-refractivity contribution is 5.35. The molecule has 1 aromatic rings. The van der Waals surface area contributed by atoms with Gasteiger partial charge in [0.2, 0.25) is 0 Å². The van der Waals surface area contributed by atoms with E-state index in [-0.39, 0.29) is 5.41 Å². The molecule has 0 amide bonds. The summed E-state index contributed by atoms with van der Waals surface area (Å²) < 4.78 is 0. The minimum atomic E-state index is 0.179. The van der Waals surface area contributed by atoms with E-state index < -0.39 is 0 Å². The molecule has 1 aliphatic carbocycles. The zero-order valence-corrected chi connectivity index (χ0v) is 13.7. The highest BCUT2D eigenvalue weighted by Gasteiger charge is 2.19. The van der Waals surface area contributed by atoms with E-state index >= 15 is 0 Å². The molecule has 1 atom stereocenters. The number of benzene rings is 1. The van der Waals surface area contributed by atoms with Gasteiger partial charge in [0.05, 0.1) is 6.07 Å². The Morgan fingerprint density at radius 2 is 1.95 bits per heavy atom. The first-order valence-corrected chi connectivity index (χ1v) is 8.24. The zero-order valence-electron chi connectivity index (χ0n) is 13.7. The van der Waals surface area contributed by atoms with Crippen molar-refractivity contribution < 1.29 is 0 Å². The molecule has 21 heavy (non-hydrogen) atoms. The normalized spacial score (nSPS) is 16.1. The quantitative estimate of drug-likeness (QED) is 0.832. The second-order valence-electron chi connectivity index (χ2n) is 7.16. The number of nitrogens with one attached hydrogen (secondary N) is 1. The molecule has 2 nitrogen and oxygen atoms in total. The lowest BCUT2D eigenvalue weighted by Crippen LogP contribution is -2.31. The summed E-state index contributed by atoms with van der Waals surface area (Å²) in [5.74, 6) is 0. The van der Waals surface area contributed by atoms with Crippen LogP contribution in [0.4, 0.5) is 0 Å². The first kappa shape index (κ1) is 16.0. The van der Waals surface area contributed by atoms with E-state index in [2.05, 4.69) is 50.4 Å². The second kappa shape index (κ2) is 7.09. The summed E-state index contributed by atoms with van der Waals surface area (Å²) in [6, 6.07) is 9.62. The molecule has 2 heteroatoms. The summed E-state index contributed by atoms with van der Waals surface area (Å²) in [6.07, 6.45) is 6.75. The molecule has 1 aromatic carbocycles. The second-order valence-corrected chi connectivity index (χ2v) is 7.16. The number of nitrogens with zero attached hydrogens (tertiary/aromatic N) is 1. The molecule has 0 aromatic heterocycles. The fraction of sp³-hybridized carbons (Fsp3) is 0.632. The van der Waals surface area contributed by atoms with Gasteiger partial charge in [0.15, 0.2) is 0 Å². The van der Waals surface area contributed by atoms with Gasteiger partial charge in [-0.05, 0) is 61.1 Å². The molecule has 0 saturated carbocycles. The van der Waals surface area contributed by atoms with Crippen molar-refractivity contribution in [2.75, 3.05) is 6.54 Å². The monoisotopic (exact) mass is 284 g/mol. The van der Waals surface area contributed by atoms with Crippen molar-refractivity contribution in [3.63, 3.8) is 0 Å². The molecule has 1 N–H and O–H groups in total. The van der Waals surface area contributed by atoms with Gasteiger partial charge in [0.1, 0.15) is 0 Å². The highest BCUT2D eigenvalue weighted by atomic mass is 14.9. The topological polar surface area (TPSA) is 35.8 Å². The molecule has 0 fully saturated rings. The molecule has 0 heterocycles. The van der Waals surface area contributed by atoms with E-state index in [0.29, 0.717) is 12.5 Å². The largest absolute Gasteiger partial charge is 0.310 e. The Kier molecular flexibility index (Phi) is 5.42. The van der Waals surface area contributed by atoms with Gasteiger partial charge in [-0.2, -0.15) is 5.26 Å². The van der Waals surface area contributed by atoms with Crippen molar-refractivity contribution in [3.05, 3.63) is 34.9 Å². The van der Waals surface area contributed by atoms with Crippen LogP contribution in [0, 0.1) is 16.7 Å². The van der Waals surface area contributed by atoms with Crippen LogP contribution in [0.25, 0.3) is 0 Å². The fourth-order valence-corrected chi connectivity index (χ4v) is 3.05. The SMILES string of the molecule is CC(NCC(C)(C)CCC#N)c1ccc2c(c1)CCCC2. The maximum Gasteiger partial charge on any atom is 0.0621 e. The number of nitriles is 1. The van der Waals surface area contributed by atoms with E-state index in [0.717, 1.165) is 13.0 Å². The summed E-state index contributed by atoms with van der Waals surface area (Å²) in [7, 11) is 0. The Labute approximate surface area is 129 Å². The van der Waals surface area contributed by atoms with Crippen molar-refractivity contribution >= 4 is 0 Å². The molecular weight excluding hydrogens is 256 g/mol. The van der Waals surface area contributed by atoms with Crippen LogP contribution in [0.15, 0.2) is 18.2 Å². The third kappa shape index (κ3) is 4.58. The molecule has 0 spiro atoms. The van der Waals surface area contributed by atoms with E-state index in [1.165, 1.54) is 31.2 Å². The molecular formula is C19H28N2.